The Hall–Kier alpha value is -3.79. The third-order valence-corrected chi connectivity index (χ3v) is 4.07. The van der Waals surface area contributed by atoms with Crippen LogP contribution in [0.5, 0.6) is 0 Å². The molecule has 0 fully saturated rings. The summed E-state index contributed by atoms with van der Waals surface area (Å²) in [5, 5.41) is 43.0. The van der Waals surface area contributed by atoms with Crippen LogP contribution in [-0.2, 0) is 17.2 Å². The minimum atomic E-state index is -2.52. The van der Waals surface area contributed by atoms with Crippen LogP contribution >= 0.6 is 0 Å². The Kier molecular flexibility index (Phi) is 3.81. The molecule has 1 aliphatic rings. The van der Waals surface area contributed by atoms with Crippen LogP contribution in [0.3, 0.4) is 0 Å². The summed E-state index contributed by atoms with van der Waals surface area (Å²) in [5.74, 6) is -4.74. The van der Waals surface area contributed by atoms with E-state index in [0.717, 1.165) is 10.1 Å². The van der Waals surface area contributed by atoms with Crippen molar-refractivity contribution in [2.24, 2.45) is 0 Å². The monoisotopic (exact) mass is 369 g/mol. The Labute approximate surface area is 152 Å². The van der Waals surface area contributed by atoms with Gasteiger partial charge in [0.25, 0.3) is 0 Å². The first-order chi connectivity index (χ1) is 13.0. The Bertz CT molecular complexity index is 1060. The molecule has 1 aliphatic heterocycles. The summed E-state index contributed by atoms with van der Waals surface area (Å²) < 4.78 is 6.01. The lowest BCUT2D eigenvalue weighted by molar-refractivity contribution is -0.228. The van der Waals surface area contributed by atoms with Gasteiger partial charge in [0.15, 0.2) is 22.7 Å². The van der Waals surface area contributed by atoms with E-state index in [1.807, 2.05) is 30.3 Å². The van der Waals surface area contributed by atoms with Gasteiger partial charge in [0.2, 0.25) is 11.5 Å². The Balaban J connectivity index is 1.71. The van der Waals surface area contributed by atoms with E-state index in [1.165, 1.54) is 12.7 Å². The predicted octanol–water partition coefficient (Wildman–Crippen LogP) is 1.80. The molecule has 0 radical (unpaired) electrons. The van der Waals surface area contributed by atoms with Crippen molar-refractivity contribution in [3.8, 4) is 0 Å². The van der Waals surface area contributed by atoms with Gasteiger partial charge >= 0.3 is 5.91 Å². The highest BCUT2D eigenvalue weighted by atomic mass is 16.7. The largest absolute Gasteiger partial charge is 0.502 e. The number of nitrogens with one attached hydrogen (secondary N) is 1. The second kappa shape index (κ2) is 6.18. The van der Waals surface area contributed by atoms with E-state index in [0.29, 0.717) is 24.1 Å². The number of benzene rings is 1. The number of imidazole rings is 1. The summed E-state index contributed by atoms with van der Waals surface area (Å²) in [6.45, 7) is 0.489. The van der Waals surface area contributed by atoms with Crippen LogP contribution in [0.4, 0.5) is 5.82 Å². The van der Waals surface area contributed by atoms with Crippen LogP contribution < -0.4 is 5.32 Å². The fourth-order valence-corrected chi connectivity index (χ4v) is 2.66. The zero-order chi connectivity index (χ0) is 19.0. The zero-order valence-corrected chi connectivity index (χ0v) is 13.8. The van der Waals surface area contributed by atoms with E-state index in [4.69, 9.17) is 4.74 Å². The van der Waals surface area contributed by atoms with Gasteiger partial charge in [0.1, 0.15) is 18.9 Å². The number of nitrogens with zero attached hydrogens (tertiary/aromatic N) is 4. The predicted molar refractivity (Wildman–Crippen MR) is 93.4 cm³/mol. The number of anilines is 1. The van der Waals surface area contributed by atoms with Gasteiger partial charge in [-0.05, 0) is 5.56 Å². The Morgan fingerprint density at radius 1 is 1.07 bits per heavy atom. The molecule has 3 aromatic rings. The van der Waals surface area contributed by atoms with E-state index in [2.05, 4.69) is 20.3 Å². The molecule has 2 aromatic heterocycles. The van der Waals surface area contributed by atoms with Crippen molar-refractivity contribution in [3.63, 3.8) is 0 Å². The molecule has 27 heavy (non-hydrogen) atoms. The standard InChI is InChI=1S/C17H15N5O5/c23-11-7-27-17(26,14(25)13(11)24)22-9-21-12-15(19-8-20-16(12)22)18-6-10-4-2-1-3-5-10/h1-5,7-9,23-26H,6H2,(H,18,19,20). The van der Waals surface area contributed by atoms with Crippen LogP contribution in [0.25, 0.3) is 11.2 Å². The lowest BCUT2D eigenvalue weighted by Gasteiger charge is -2.30. The smallest absolute Gasteiger partial charge is 0.364 e. The van der Waals surface area contributed by atoms with Crippen LogP contribution in [0.15, 0.2) is 66.5 Å². The Morgan fingerprint density at radius 2 is 1.85 bits per heavy atom. The van der Waals surface area contributed by atoms with Gasteiger partial charge in [0, 0.05) is 6.54 Å². The first kappa shape index (κ1) is 16.7. The number of aromatic nitrogens is 4. The molecule has 5 N–H and O–H groups in total. The minimum absolute atomic E-state index is 0.136. The molecule has 4 rings (SSSR count). The van der Waals surface area contributed by atoms with Crippen molar-refractivity contribution in [2.45, 2.75) is 12.5 Å². The summed E-state index contributed by atoms with van der Waals surface area (Å²) in [4.78, 5) is 12.4. The van der Waals surface area contributed by atoms with Gasteiger partial charge in [0.05, 0.1) is 0 Å². The quantitative estimate of drug-likeness (QED) is 0.464. The first-order valence-electron chi connectivity index (χ1n) is 7.89. The van der Waals surface area contributed by atoms with E-state index in [-0.39, 0.29) is 5.65 Å². The van der Waals surface area contributed by atoms with E-state index >= 15 is 0 Å². The molecule has 0 saturated heterocycles. The zero-order valence-electron chi connectivity index (χ0n) is 13.8. The highest BCUT2D eigenvalue weighted by Gasteiger charge is 2.44. The number of ether oxygens (including phenoxy) is 1. The van der Waals surface area contributed by atoms with Crippen molar-refractivity contribution in [1.82, 2.24) is 19.5 Å². The summed E-state index contributed by atoms with van der Waals surface area (Å²) in [5.41, 5.74) is 1.48. The molecular weight excluding hydrogens is 354 g/mol. The lowest BCUT2D eigenvalue weighted by atomic mass is 10.2. The second-order valence-electron chi connectivity index (χ2n) is 5.77. The van der Waals surface area contributed by atoms with Crippen LogP contribution in [0, 0.1) is 0 Å². The normalized spacial score (nSPS) is 19.7. The average Bonchev–Trinajstić information content (AvgIpc) is 3.14. The van der Waals surface area contributed by atoms with Crippen molar-refractivity contribution < 1.29 is 25.2 Å². The fourth-order valence-electron chi connectivity index (χ4n) is 2.66. The number of aliphatic hydroxyl groups excluding tert-OH is 3. The molecule has 3 heterocycles. The number of hydrogen-bond acceptors (Lipinski definition) is 9. The molecule has 0 bridgehead atoms. The van der Waals surface area contributed by atoms with Gasteiger partial charge in [-0.15, -0.1) is 0 Å². The molecular formula is C17H15N5O5. The average molecular weight is 369 g/mol. The molecule has 0 aliphatic carbocycles. The van der Waals surface area contributed by atoms with Gasteiger partial charge in [-0.3, -0.25) is 0 Å². The number of hydrogen-bond donors (Lipinski definition) is 5. The highest BCUT2D eigenvalue weighted by Crippen LogP contribution is 2.34. The summed E-state index contributed by atoms with van der Waals surface area (Å²) >= 11 is 0. The Morgan fingerprint density at radius 3 is 2.63 bits per heavy atom. The number of fused-ring (bicyclic) bond motifs is 1. The minimum Gasteiger partial charge on any atom is -0.502 e. The maximum atomic E-state index is 10.7. The fraction of sp³-hybridized carbons (Fsp3) is 0.118. The van der Waals surface area contributed by atoms with E-state index < -0.39 is 23.2 Å². The summed E-state index contributed by atoms with van der Waals surface area (Å²) in [6.07, 6.45) is 3.14. The SMILES string of the molecule is OC1=COC(O)(n2cnc3c(NCc4ccccc4)ncnc32)C(O)=C1O. The molecule has 0 saturated carbocycles. The van der Waals surface area contributed by atoms with E-state index in [9.17, 15) is 20.4 Å². The topological polar surface area (TPSA) is 146 Å². The molecule has 1 aromatic carbocycles. The number of rotatable bonds is 4. The van der Waals surface area contributed by atoms with Crippen molar-refractivity contribution >= 4 is 17.0 Å². The third kappa shape index (κ3) is 2.68. The maximum Gasteiger partial charge on any atom is 0.364 e. The van der Waals surface area contributed by atoms with Crippen LogP contribution in [-0.4, -0.2) is 39.9 Å². The first-order valence-corrected chi connectivity index (χ1v) is 7.89. The molecule has 1 atom stereocenters. The van der Waals surface area contributed by atoms with Gasteiger partial charge in [-0.1, -0.05) is 30.3 Å². The number of aliphatic hydroxyl groups is 4. The summed E-state index contributed by atoms with van der Waals surface area (Å²) in [6, 6.07) is 9.66. The van der Waals surface area contributed by atoms with Crippen molar-refractivity contribution in [3.05, 3.63) is 72.1 Å². The molecule has 0 spiro atoms. The van der Waals surface area contributed by atoms with Crippen molar-refractivity contribution in [1.29, 1.82) is 0 Å². The van der Waals surface area contributed by atoms with Gasteiger partial charge in [-0.25, -0.2) is 19.5 Å². The van der Waals surface area contributed by atoms with Crippen LogP contribution in [0.1, 0.15) is 5.56 Å². The van der Waals surface area contributed by atoms with E-state index in [1.54, 1.807) is 0 Å². The molecule has 0 amide bonds. The second-order valence-corrected chi connectivity index (χ2v) is 5.77. The van der Waals surface area contributed by atoms with Crippen LogP contribution in [0.2, 0.25) is 0 Å². The molecule has 1 unspecified atom stereocenters. The maximum absolute atomic E-state index is 10.7. The molecule has 10 heteroatoms. The van der Waals surface area contributed by atoms with Gasteiger partial charge in [-0.2, -0.15) is 0 Å². The molecule has 138 valence electrons. The summed E-state index contributed by atoms with van der Waals surface area (Å²) in [7, 11) is 0. The lowest BCUT2D eigenvalue weighted by Crippen LogP contribution is -2.40. The van der Waals surface area contributed by atoms with Gasteiger partial charge < -0.3 is 30.5 Å². The highest BCUT2D eigenvalue weighted by molar-refractivity contribution is 5.82. The molecule has 10 nitrogen and oxygen atoms in total. The van der Waals surface area contributed by atoms with Crippen molar-refractivity contribution in [2.75, 3.05) is 5.32 Å². The third-order valence-electron chi connectivity index (χ3n) is 4.07.